The molecule has 62 valence electrons. The predicted octanol–water partition coefficient (Wildman–Crippen LogP) is 0.495. The quantitative estimate of drug-likeness (QED) is 0.668. The van der Waals surface area contributed by atoms with Crippen LogP contribution in [0.3, 0.4) is 0 Å². The first-order chi connectivity index (χ1) is 5.22. The summed E-state index contributed by atoms with van der Waals surface area (Å²) in [5.74, 6) is 1.88. The Morgan fingerprint density at radius 2 is 2.27 bits per heavy atom. The van der Waals surface area contributed by atoms with Gasteiger partial charge in [-0.15, -0.1) is 0 Å². The van der Waals surface area contributed by atoms with Crippen LogP contribution in [-0.2, 0) is 13.0 Å². The molecule has 0 bridgehead atoms. The zero-order chi connectivity index (χ0) is 8.27. The number of rotatable bonds is 3. The van der Waals surface area contributed by atoms with Gasteiger partial charge in [0.1, 0.15) is 12.4 Å². The van der Waals surface area contributed by atoms with Crippen molar-refractivity contribution in [3.63, 3.8) is 0 Å². The third-order valence-electron chi connectivity index (χ3n) is 1.32. The average Bonchev–Trinajstić information content (AvgIpc) is 2.34. The molecule has 0 fully saturated rings. The van der Waals surface area contributed by atoms with Gasteiger partial charge in [0.2, 0.25) is 0 Å². The molecule has 2 N–H and O–H groups in total. The molecule has 11 heavy (non-hydrogen) atoms. The number of nitrogens with one attached hydrogen (secondary N) is 1. The van der Waals surface area contributed by atoms with Gasteiger partial charge in [-0.3, -0.25) is 5.10 Å². The van der Waals surface area contributed by atoms with Crippen molar-refractivity contribution in [1.29, 1.82) is 0 Å². The molecule has 0 unspecified atom stereocenters. The maximum absolute atomic E-state index is 8.65. The molecular weight excluding hydrogens is 142 g/mol. The minimum Gasteiger partial charge on any atom is -0.388 e. The molecule has 0 amide bonds. The van der Waals surface area contributed by atoms with Crippen LogP contribution >= 0.6 is 0 Å². The number of nitrogens with zero attached hydrogens (tertiary/aromatic N) is 2. The number of aromatic amines is 1. The Morgan fingerprint density at radius 3 is 2.73 bits per heavy atom. The maximum atomic E-state index is 8.65. The van der Waals surface area contributed by atoms with Crippen LogP contribution in [0.2, 0.25) is 0 Å². The van der Waals surface area contributed by atoms with Gasteiger partial charge < -0.3 is 5.11 Å². The highest BCUT2D eigenvalue weighted by molar-refractivity contribution is 4.89. The molecule has 0 aromatic carbocycles. The van der Waals surface area contributed by atoms with E-state index in [1.165, 1.54) is 0 Å². The molecule has 4 heteroatoms. The summed E-state index contributed by atoms with van der Waals surface area (Å²) in [6, 6.07) is 0. The van der Waals surface area contributed by atoms with Crippen molar-refractivity contribution in [1.82, 2.24) is 15.2 Å². The highest BCUT2D eigenvalue weighted by Gasteiger charge is 2.03. The van der Waals surface area contributed by atoms with Gasteiger partial charge >= 0.3 is 0 Å². The second-order valence-electron chi connectivity index (χ2n) is 2.95. The van der Waals surface area contributed by atoms with Crippen LogP contribution in [0.1, 0.15) is 25.5 Å². The Labute approximate surface area is 65.7 Å². The molecule has 4 nitrogen and oxygen atoms in total. The zero-order valence-electron chi connectivity index (χ0n) is 6.83. The standard InChI is InChI=1S/C7H13N3O/c1-5(2)3-6-8-7(4-11)10-9-6/h5,11H,3-4H2,1-2H3,(H,8,9,10). The van der Waals surface area contributed by atoms with Crippen LogP contribution in [0.25, 0.3) is 0 Å². The summed E-state index contributed by atoms with van der Waals surface area (Å²) in [4.78, 5) is 4.05. The molecule has 1 rings (SSSR count). The van der Waals surface area contributed by atoms with Crippen molar-refractivity contribution in [3.05, 3.63) is 11.6 Å². The first kappa shape index (κ1) is 8.20. The molecule has 1 heterocycles. The number of hydrogen-bond acceptors (Lipinski definition) is 3. The van der Waals surface area contributed by atoms with Gasteiger partial charge in [0, 0.05) is 6.42 Å². The molecule has 0 atom stereocenters. The van der Waals surface area contributed by atoms with Crippen molar-refractivity contribution in [2.24, 2.45) is 5.92 Å². The van der Waals surface area contributed by atoms with E-state index in [0.717, 1.165) is 12.2 Å². The topological polar surface area (TPSA) is 61.8 Å². The van der Waals surface area contributed by atoms with Crippen LogP contribution in [0.4, 0.5) is 0 Å². The van der Waals surface area contributed by atoms with Crippen molar-refractivity contribution in [2.45, 2.75) is 26.9 Å². The lowest BCUT2D eigenvalue weighted by Crippen LogP contribution is -1.96. The van der Waals surface area contributed by atoms with Crippen molar-refractivity contribution < 1.29 is 5.11 Å². The second kappa shape index (κ2) is 3.48. The summed E-state index contributed by atoms with van der Waals surface area (Å²) >= 11 is 0. The van der Waals surface area contributed by atoms with E-state index in [0.29, 0.717) is 11.7 Å². The lowest BCUT2D eigenvalue weighted by molar-refractivity contribution is 0.271. The first-order valence-electron chi connectivity index (χ1n) is 3.73. The Kier molecular flexibility index (Phi) is 2.59. The van der Waals surface area contributed by atoms with E-state index in [1.54, 1.807) is 0 Å². The summed E-state index contributed by atoms with van der Waals surface area (Å²) < 4.78 is 0. The number of aromatic nitrogens is 3. The van der Waals surface area contributed by atoms with Crippen molar-refractivity contribution in [3.8, 4) is 0 Å². The average molecular weight is 155 g/mol. The molecular formula is C7H13N3O. The molecule has 0 aliphatic heterocycles. The number of aliphatic hydroxyl groups is 1. The molecule has 0 saturated heterocycles. The molecule has 0 aliphatic carbocycles. The van der Waals surface area contributed by atoms with Gasteiger partial charge in [0.25, 0.3) is 0 Å². The Bertz CT molecular complexity index is 219. The zero-order valence-corrected chi connectivity index (χ0v) is 6.83. The second-order valence-corrected chi connectivity index (χ2v) is 2.95. The Balaban J connectivity index is 2.58. The maximum Gasteiger partial charge on any atom is 0.151 e. The van der Waals surface area contributed by atoms with E-state index in [1.807, 2.05) is 0 Å². The van der Waals surface area contributed by atoms with E-state index >= 15 is 0 Å². The fourth-order valence-electron chi connectivity index (χ4n) is 0.862. The van der Waals surface area contributed by atoms with Gasteiger partial charge in [0.05, 0.1) is 0 Å². The van der Waals surface area contributed by atoms with Gasteiger partial charge in [-0.05, 0) is 5.92 Å². The van der Waals surface area contributed by atoms with E-state index in [9.17, 15) is 0 Å². The SMILES string of the molecule is CC(C)Cc1n[nH]c(CO)n1. The van der Waals surface area contributed by atoms with Crippen LogP contribution in [-0.4, -0.2) is 20.3 Å². The fraction of sp³-hybridized carbons (Fsp3) is 0.714. The number of H-pyrrole nitrogens is 1. The van der Waals surface area contributed by atoms with Gasteiger partial charge in [0.15, 0.2) is 5.82 Å². The smallest absolute Gasteiger partial charge is 0.151 e. The molecule has 1 aromatic rings. The molecule has 0 spiro atoms. The monoisotopic (exact) mass is 155 g/mol. The van der Waals surface area contributed by atoms with Crippen molar-refractivity contribution >= 4 is 0 Å². The molecule has 0 aliphatic rings. The Morgan fingerprint density at radius 1 is 1.55 bits per heavy atom. The highest BCUT2D eigenvalue weighted by Crippen LogP contribution is 2.01. The van der Waals surface area contributed by atoms with Gasteiger partial charge in [-0.2, -0.15) is 5.10 Å². The molecule has 0 radical (unpaired) electrons. The summed E-state index contributed by atoms with van der Waals surface area (Å²) in [5, 5.41) is 15.2. The summed E-state index contributed by atoms with van der Waals surface area (Å²) in [6.45, 7) is 4.15. The predicted molar refractivity (Wildman–Crippen MR) is 40.8 cm³/mol. The summed E-state index contributed by atoms with van der Waals surface area (Å²) in [5.41, 5.74) is 0. The van der Waals surface area contributed by atoms with Gasteiger partial charge in [-0.25, -0.2) is 4.98 Å². The lowest BCUT2D eigenvalue weighted by Gasteiger charge is -1.96. The fourth-order valence-corrected chi connectivity index (χ4v) is 0.862. The minimum absolute atomic E-state index is 0.0644. The van der Waals surface area contributed by atoms with Crippen LogP contribution < -0.4 is 0 Å². The van der Waals surface area contributed by atoms with E-state index in [2.05, 4.69) is 29.0 Å². The van der Waals surface area contributed by atoms with E-state index in [-0.39, 0.29) is 6.61 Å². The van der Waals surface area contributed by atoms with Crippen molar-refractivity contribution in [2.75, 3.05) is 0 Å². The Hall–Kier alpha value is -0.900. The largest absolute Gasteiger partial charge is 0.388 e. The first-order valence-corrected chi connectivity index (χ1v) is 3.73. The summed E-state index contributed by atoms with van der Waals surface area (Å²) in [6.07, 6.45) is 0.858. The minimum atomic E-state index is -0.0644. The van der Waals surface area contributed by atoms with E-state index in [4.69, 9.17) is 5.11 Å². The van der Waals surface area contributed by atoms with Crippen LogP contribution in [0.5, 0.6) is 0 Å². The van der Waals surface area contributed by atoms with Gasteiger partial charge in [-0.1, -0.05) is 13.8 Å². The third-order valence-corrected chi connectivity index (χ3v) is 1.32. The van der Waals surface area contributed by atoms with Crippen LogP contribution in [0, 0.1) is 5.92 Å². The number of aliphatic hydroxyl groups excluding tert-OH is 1. The number of hydrogen-bond donors (Lipinski definition) is 2. The highest BCUT2D eigenvalue weighted by atomic mass is 16.3. The molecule has 0 saturated carbocycles. The summed E-state index contributed by atoms with van der Waals surface area (Å²) in [7, 11) is 0. The van der Waals surface area contributed by atoms with Crippen LogP contribution in [0.15, 0.2) is 0 Å². The van der Waals surface area contributed by atoms with E-state index < -0.39 is 0 Å². The normalized spacial score (nSPS) is 10.9. The lowest BCUT2D eigenvalue weighted by atomic mass is 10.1. The molecule has 1 aromatic heterocycles. The third kappa shape index (κ3) is 2.31.